The number of rotatable bonds is 16. The minimum Gasteiger partial charge on any atom is -0.748 e. The van der Waals surface area contributed by atoms with Gasteiger partial charge >= 0.3 is 138 Å². The van der Waals surface area contributed by atoms with Crippen LogP contribution in [0.2, 0.25) is 0 Å². The zero-order chi connectivity index (χ0) is 47.3. The van der Waals surface area contributed by atoms with E-state index in [2.05, 4.69) is 0 Å². The van der Waals surface area contributed by atoms with Crippen molar-refractivity contribution in [2.24, 2.45) is 45.9 Å². The topological polar surface area (TPSA) is 660 Å². The third kappa shape index (κ3) is 190. The van der Waals surface area contributed by atoms with Crippen LogP contribution in [0, 0.1) is 0 Å². The van der Waals surface area contributed by atoms with Crippen molar-refractivity contribution in [3.8, 4) is 0 Å². The van der Waals surface area contributed by atoms with E-state index in [1.165, 1.54) is 0 Å². The van der Waals surface area contributed by atoms with Crippen molar-refractivity contribution in [1.29, 1.82) is 0 Å². The molecule has 0 unspecified atom stereocenters. The van der Waals surface area contributed by atoms with E-state index in [4.69, 9.17) is 55.0 Å². The number of hydrogen-bond donors (Lipinski definition) is 10. The molecule has 0 bridgehead atoms. The van der Waals surface area contributed by atoms with Gasteiger partial charge in [0.1, 0.15) is 0 Å². The minimum atomic E-state index is -4.05. The normalized spacial score (nSPS) is 10.8. The maximum Gasteiger partial charge on any atom is 2.00 e. The second-order valence-corrected chi connectivity index (χ2v) is 20.7. The Morgan fingerprint density at radius 1 is 0.262 bits per heavy atom. The molecule has 0 rings (SSSR count). The summed E-state index contributed by atoms with van der Waals surface area (Å²) in [6.45, 7) is -0.606. The first-order chi connectivity index (χ1) is 24.5. The molecule has 0 aliphatic carbocycles. The summed E-state index contributed by atoms with van der Waals surface area (Å²) < 4.78 is 227. The summed E-state index contributed by atoms with van der Waals surface area (Å²) >= 11 is 0. The molecular weight excluding hydrogens is 1100 g/mol. The van der Waals surface area contributed by atoms with Crippen LogP contribution in [0.5, 0.6) is 0 Å². The van der Waals surface area contributed by atoms with E-state index in [9.17, 15) is 94.7 Å². The second kappa shape index (κ2) is 54.5. The fraction of sp³-hybridized carbons (Fsp3) is 1.00. The van der Waals surface area contributed by atoms with E-state index in [1.54, 1.807) is 0 Å². The zero-order valence-electron chi connectivity index (χ0n) is 33.8. The molecule has 0 radical (unpaired) electrons. The van der Waals surface area contributed by atoms with E-state index in [-0.39, 0.29) is 202 Å². The van der Waals surface area contributed by atoms with Gasteiger partial charge in [-0.1, -0.05) is 0 Å². The fourth-order valence-corrected chi connectivity index (χ4v) is 3.49. The molecule has 0 fully saturated rings. The molecule has 0 aliphatic rings. The average molecular weight is 1150 g/mol. The van der Waals surface area contributed by atoms with Crippen LogP contribution in [-0.2, 0) is 100 Å². The largest absolute Gasteiger partial charge is 2.00 e. The predicted octanol–water partition coefficient (Wildman–Crippen LogP) is -23.4. The van der Waals surface area contributed by atoms with Crippen LogP contribution in [0.15, 0.2) is 0 Å². The second-order valence-electron chi connectivity index (χ2n) is 8.45. The van der Waals surface area contributed by atoms with Crippen molar-refractivity contribution in [1.82, 2.24) is 0 Å². The van der Waals surface area contributed by atoms with Gasteiger partial charge in [-0.2, -0.15) is 16.8 Å². The minimum absolute atomic E-state index is 0. The molecule has 352 valence electrons. The fourth-order valence-electron chi connectivity index (χ4n) is 1.16. The monoisotopic (exact) mass is 1150 g/mol. The van der Waals surface area contributed by atoms with Crippen LogP contribution < -0.4 is 164 Å². The van der Waals surface area contributed by atoms with Gasteiger partial charge in [-0.3, -0.25) is 9.11 Å². The van der Waals surface area contributed by atoms with Crippen molar-refractivity contribution >= 4 is 80.9 Å². The third-order valence-corrected chi connectivity index (χ3v) is 8.88. The van der Waals surface area contributed by atoms with E-state index < -0.39 is 115 Å². The molecule has 32 nitrogen and oxygen atoms in total. The molecule has 0 aromatic heterocycles. The molecule has 45 heteroatoms. The van der Waals surface area contributed by atoms with Gasteiger partial charge in [-0.05, 0) is 0 Å². The summed E-state index contributed by atoms with van der Waals surface area (Å²) in [5.74, 6) is -3.50. The molecular formula is C16H50N8Na4O24S8Zn. The Bertz CT molecular complexity index is 1440. The summed E-state index contributed by atoms with van der Waals surface area (Å²) in [6.07, 6.45) is 0. The molecule has 0 aliphatic heterocycles. The van der Waals surface area contributed by atoms with Gasteiger partial charge in [0.25, 0.3) is 20.2 Å². The van der Waals surface area contributed by atoms with Crippen molar-refractivity contribution in [3.05, 3.63) is 0 Å². The van der Waals surface area contributed by atoms with E-state index in [0.29, 0.717) is 0 Å². The molecule has 61 heavy (non-hydrogen) atoms. The van der Waals surface area contributed by atoms with E-state index in [1.807, 2.05) is 0 Å². The summed E-state index contributed by atoms with van der Waals surface area (Å²) in [7, 11) is -31.9. The van der Waals surface area contributed by atoms with Crippen molar-refractivity contribution in [3.63, 3.8) is 0 Å². The SMILES string of the molecule is NCCS(=O)(=O)O.NCCS(=O)(=O)O.NCCS(=O)(=O)[O-].NCCS(=O)(=O)[O-].NCCS(=O)(=O)[O-].NCCS(=O)(=O)[O-].NCCS(=O)(=O)[O-].NCCS(=O)(=O)[O-].[Na+].[Na+].[Na+].[Na+].[Zn+2]. The molecule has 18 N–H and O–H groups in total. The van der Waals surface area contributed by atoms with Crippen LogP contribution in [0.3, 0.4) is 0 Å². The van der Waals surface area contributed by atoms with Gasteiger partial charge in [0, 0.05) is 52.4 Å². The van der Waals surface area contributed by atoms with Crippen LogP contribution in [-0.4, -0.2) is 202 Å². The Morgan fingerprint density at radius 3 is 0.344 bits per heavy atom. The Hall–Kier alpha value is 3.58. The Kier molecular flexibility index (Phi) is 87.7. The van der Waals surface area contributed by atoms with Gasteiger partial charge in [0.2, 0.25) is 0 Å². The van der Waals surface area contributed by atoms with Crippen LogP contribution >= 0.6 is 0 Å². The molecule has 0 saturated carbocycles. The Balaban J connectivity index is -0.0000000388. The van der Waals surface area contributed by atoms with Crippen molar-refractivity contribution in [2.75, 3.05) is 98.4 Å². The van der Waals surface area contributed by atoms with Crippen LogP contribution in [0.1, 0.15) is 0 Å². The first-order valence-electron chi connectivity index (χ1n) is 13.6. The van der Waals surface area contributed by atoms with Crippen LogP contribution in [0.25, 0.3) is 0 Å². The maximum atomic E-state index is 9.71. The summed E-state index contributed by atoms with van der Waals surface area (Å²) in [5.41, 5.74) is 38.0. The third-order valence-electron chi connectivity index (χ3n) is 2.96. The maximum absolute atomic E-state index is 9.71. The Morgan fingerprint density at radius 2 is 0.344 bits per heavy atom. The quantitative estimate of drug-likeness (QED) is 0.0507. The molecule has 0 aromatic carbocycles. The summed E-state index contributed by atoms with van der Waals surface area (Å²) in [6, 6.07) is 0. The van der Waals surface area contributed by atoms with Gasteiger partial charge < -0.3 is 73.2 Å². The molecule has 0 saturated heterocycles. The predicted molar refractivity (Wildman–Crippen MR) is 193 cm³/mol. The molecule has 0 aromatic rings. The molecule has 0 atom stereocenters. The van der Waals surface area contributed by atoms with Gasteiger partial charge in [-0.15, -0.1) is 0 Å². The number of hydrogen-bond acceptors (Lipinski definition) is 30. The van der Waals surface area contributed by atoms with Gasteiger partial charge in [0.15, 0.2) is 0 Å². The van der Waals surface area contributed by atoms with E-state index in [0.717, 1.165) is 0 Å². The van der Waals surface area contributed by atoms with Crippen LogP contribution in [0.4, 0.5) is 0 Å². The summed E-state index contributed by atoms with van der Waals surface area (Å²) in [4.78, 5) is 0. The van der Waals surface area contributed by atoms with Gasteiger partial charge in [0.05, 0.1) is 107 Å². The Labute approximate surface area is 460 Å². The molecule has 0 spiro atoms. The smallest absolute Gasteiger partial charge is 0.748 e. The first kappa shape index (κ1) is 98.1. The van der Waals surface area contributed by atoms with Gasteiger partial charge in [-0.25, -0.2) is 50.5 Å². The number of nitrogens with two attached hydrogens (primary N) is 8. The zero-order valence-corrected chi connectivity index (χ0v) is 51.3. The molecule has 0 heterocycles. The molecule has 0 amide bonds. The standard InChI is InChI=1S/8C2H7NO3S.4Na.Zn/c8*3-1-2-7(4,5)6;;;;;/h8*1-3H2,(H,4,5,6);;;;;/q;;;;;;;;4*+1;+2/p-6. The first-order valence-corrected chi connectivity index (χ1v) is 26.3. The van der Waals surface area contributed by atoms with Crippen molar-refractivity contribution < 1.29 is 241 Å². The van der Waals surface area contributed by atoms with E-state index >= 15 is 0 Å². The average Bonchev–Trinajstić information content (AvgIpc) is 2.86. The summed E-state index contributed by atoms with van der Waals surface area (Å²) in [5, 5.41) is 0. The van der Waals surface area contributed by atoms with Crippen molar-refractivity contribution in [2.45, 2.75) is 0 Å².